The Balaban J connectivity index is 1.86. The molecule has 3 rings (SSSR count). The van der Waals surface area contributed by atoms with Crippen LogP contribution in [-0.4, -0.2) is 21.9 Å². The van der Waals surface area contributed by atoms with E-state index in [9.17, 15) is 4.79 Å². The standard InChI is InChI=1S/C22H23N3OS/c1-16-20(17(2)26)21(23-14-13-18-9-5-3-6-10-18)24-22(27)25(16)15-19-11-7-4-8-12-19/h3-12H,13-15H2,1-2H3,(H,23,24,27). The maximum Gasteiger partial charge on any atom is 0.201 e. The van der Waals surface area contributed by atoms with Crippen LogP contribution in [-0.2, 0) is 13.0 Å². The normalized spacial score (nSPS) is 10.6. The van der Waals surface area contributed by atoms with Crippen molar-refractivity contribution in [3.63, 3.8) is 0 Å². The number of carbonyl (C=O) groups excluding carboxylic acids is 1. The lowest BCUT2D eigenvalue weighted by Gasteiger charge is -2.17. The molecule has 0 aliphatic heterocycles. The SMILES string of the molecule is CC(=O)c1c(NCCc2ccccc2)nc(=S)n(Cc2ccccc2)c1C. The molecule has 0 fully saturated rings. The van der Waals surface area contributed by atoms with Crippen LogP contribution in [0.4, 0.5) is 5.82 Å². The number of nitrogens with zero attached hydrogens (tertiary/aromatic N) is 2. The lowest BCUT2D eigenvalue weighted by atomic mass is 10.1. The van der Waals surface area contributed by atoms with Crippen LogP contribution in [0.15, 0.2) is 60.7 Å². The molecule has 0 saturated heterocycles. The molecule has 5 heteroatoms. The Morgan fingerprint density at radius 2 is 1.63 bits per heavy atom. The lowest BCUT2D eigenvalue weighted by molar-refractivity contribution is 0.101. The average Bonchev–Trinajstić information content (AvgIpc) is 2.66. The fourth-order valence-electron chi connectivity index (χ4n) is 3.13. The maximum absolute atomic E-state index is 12.3. The topological polar surface area (TPSA) is 46.9 Å². The van der Waals surface area contributed by atoms with Crippen molar-refractivity contribution in [1.29, 1.82) is 0 Å². The van der Waals surface area contributed by atoms with Gasteiger partial charge in [0.15, 0.2) is 5.78 Å². The smallest absolute Gasteiger partial charge is 0.201 e. The van der Waals surface area contributed by atoms with Gasteiger partial charge in [-0.2, -0.15) is 0 Å². The second-order valence-corrected chi connectivity index (χ2v) is 6.86. The second kappa shape index (κ2) is 8.73. The highest BCUT2D eigenvalue weighted by atomic mass is 32.1. The van der Waals surface area contributed by atoms with Crippen LogP contribution >= 0.6 is 12.2 Å². The highest BCUT2D eigenvalue weighted by Gasteiger charge is 2.16. The molecule has 3 aromatic rings. The molecule has 1 N–H and O–H groups in total. The summed E-state index contributed by atoms with van der Waals surface area (Å²) in [7, 11) is 0. The monoisotopic (exact) mass is 377 g/mol. The molecular weight excluding hydrogens is 354 g/mol. The van der Waals surface area contributed by atoms with Crippen LogP contribution in [0, 0.1) is 11.7 Å². The molecule has 0 aliphatic rings. The highest BCUT2D eigenvalue weighted by Crippen LogP contribution is 2.20. The molecule has 0 bridgehead atoms. The van der Waals surface area contributed by atoms with E-state index < -0.39 is 0 Å². The van der Waals surface area contributed by atoms with Gasteiger partial charge in [-0.15, -0.1) is 0 Å². The molecule has 0 saturated carbocycles. The first-order valence-corrected chi connectivity index (χ1v) is 9.41. The number of ketones is 1. The molecule has 138 valence electrons. The van der Waals surface area contributed by atoms with E-state index in [1.165, 1.54) is 5.56 Å². The van der Waals surface area contributed by atoms with Gasteiger partial charge in [0.25, 0.3) is 0 Å². The van der Waals surface area contributed by atoms with Gasteiger partial charge in [0, 0.05) is 12.2 Å². The van der Waals surface area contributed by atoms with Crippen molar-refractivity contribution in [2.24, 2.45) is 0 Å². The van der Waals surface area contributed by atoms with Crippen LogP contribution in [0.25, 0.3) is 0 Å². The molecule has 0 spiro atoms. The van der Waals surface area contributed by atoms with E-state index in [1.807, 2.05) is 60.0 Å². The van der Waals surface area contributed by atoms with Crippen molar-refractivity contribution in [3.8, 4) is 0 Å². The molecule has 0 atom stereocenters. The van der Waals surface area contributed by atoms with E-state index in [-0.39, 0.29) is 5.78 Å². The summed E-state index contributed by atoms with van der Waals surface area (Å²) < 4.78 is 2.40. The molecule has 0 amide bonds. The van der Waals surface area contributed by atoms with Crippen LogP contribution in [0.1, 0.15) is 34.1 Å². The fourth-order valence-corrected chi connectivity index (χ4v) is 3.43. The van der Waals surface area contributed by atoms with Crippen molar-refractivity contribution in [3.05, 3.63) is 87.8 Å². The Morgan fingerprint density at radius 1 is 1.04 bits per heavy atom. The van der Waals surface area contributed by atoms with E-state index in [0.29, 0.717) is 29.2 Å². The lowest BCUT2D eigenvalue weighted by Crippen LogP contribution is -2.18. The van der Waals surface area contributed by atoms with Crippen LogP contribution in [0.3, 0.4) is 0 Å². The van der Waals surface area contributed by atoms with Gasteiger partial charge in [0.1, 0.15) is 5.82 Å². The Hall–Kier alpha value is -2.79. The van der Waals surface area contributed by atoms with Crippen molar-refractivity contribution >= 4 is 23.8 Å². The molecule has 2 aromatic carbocycles. The van der Waals surface area contributed by atoms with Crippen molar-refractivity contribution < 1.29 is 4.79 Å². The number of carbonyl (C=O) groups is 1. The quantitative estimate of drug-likeness (QED) is 0.473. The van der Waals surface area contributed by atoms with Crippen molar-refractivity contribution in [2.75, 3.05) is 11.9 Å². The van der Waals surface area contributed by atoms with Crippen molar-refractivity contribution in [1.82, 2.24) is 9.55 Å². The zero-order valence-electron chi connectivity index (χ0n) is 15.6. The van der Waals surface area contributed by atoms with Crippen LogP contribution in [0.5, 0.6) is 0 Å². The predicted octanol–water partition coefficient (Wildman–Crippen LogP) is 4.83. The van der Waals surface area contributed by atoms with E-state index in [4.69, 9.17) is 12.2 Å². The first-order valence-electron chi connectivity index (χ1n) is 9.00. The Kier molecular flexibility index (Phi) is 6.14. The molecule has 1 aromatic heterocycles. The van der Waals surface area contributed by atoms with Gasteiger partial charge in [-0.3, -0.25) is 4.79 Å². The van der Waals surface area contributed by atoms with E-state index in [1.54, 1.807) is 6.92 Å². The Labute approximate surface area is 164 Å². The predicted molar refractivity (Wildman–Crippen MR) is 112 cm³/mol. The summed E-state index contributed by atoms with van der Waals surface area (Å²) in [5.41, 5.74) is 3.80. The van der Waals surface area contributed by atoms with Gasteiger partial charge < -0.3 is 9.88 Å². The van der Waals surface area contributed by atoms with Crippen molar-refractivity contribution in [2.45, 2.75) is 26.8 Å². The number of hydrogen-bond acceptors (Lipinski definition) is 4. The first-order chi connectivity index (χ1) is 13.1. The summed E-state index contributed by atoms with van der Waals surface area (Å²) in [6.07, 6.45) is 0.852. The minimum atomic E-state index is -0.0148. The second-order valence-electron chi connectivity index (χ2n) is 6.49. The number of aromatic nitrogens is 2. The van der Waals surface area contributed by atoms with Gasteiger partial charge in [-0.1, -0.05) is 60.7 Å². The van der Waals surface area contributed by atoms with E-state index >= 15 is 0 Å². The molecule has 0 radical (unpaired) electrons. The molecule has 4 nitrogen and oxygen atoms in total. The Morgan fingerprint density at radius 3 is 2.22 bits per heavy atom. The zero-order valence-corrected chi connectivity index (χ0v) is 16.4. The largest absolute Gasteiger partial charge is 0.369 e. The summed E-state index contributed by atoms with van der Waals surface area (Å²) in [5, 5.41) is 3.30. The molecule has 0 unspecified atom stereocenters. The summed E-state index contributed by atoms with van der Waals surface area (Å²) in [5.74, 6) is 0.560. The van der Waals surface area contributed by atoms with Gasteiger partial charge in [-0.25, -0.2) is 4.98 Å². The maximum atomic E-state index is 12.3. The Bertz CT molecular complexity index is 982. The molecular formula is C22H23N3OS. The van der Waals surface area contributed by atoms with Gasteiger partial charge >= 0.3 is 0 Å². The van der Waals surface area contributed by atoms with E-state index in [2.05, 4.69) is 22.4 Å². The third-order valence-corrected chi connectivity index (χ3v) is 4.84. The average molecular weight is 378 g/mol. The number of benzene rings is 2. The fraction of sp³-hybridized carbons (Fsp3) is 0.227. The minimum absolute atomic E-state index is 0.0148. The van der Waals surface area contributed by atoms with Crippen LogP contribution in [0.2, 0.25) is 0 Å². The third-order valence-electron chi connectivity index (χ3n) is 4.53. The minimum Gasteiger partial charge on any atom is -0.369 e. The summed E-state index contributed by atoms with van der Waals surface area (Å²) >= 11 is 5.52. The number of rotatable bonds is 7. The first kappa shape index (κ1) is 19.0. The summed E-state index contributed by atoms with van der Waals surface area (Å²) in [6.45, 7) is 4.79. The van der Waals surface area contributed by atoms with E-state index in [0.717, 1.165) is 17.7 Å². The molecule has 1 heterocycles. The molecule has 27 heavy (non-hydrogen) atoms. The van der Waals surface area contributed by atoms with Gasteiger partial charge in [0.05, 0.1) is 12.1 Å². The third kappa shape index (κ3) is 4.68. The number of hydrogen-bond donors (Lipinski definition) is 1. The summed E-state index contributed by atoms with van der Waals surface area (Å²) in [6, 6.07) is 20.3. The zero-order chi connectivity index (χ0) is 19.2. The summed E-state index contributed by atoms with van der Waals surface area (Å²) in [4.78, 5) is 16.8. The number of nitrogens with one attached hydrogen (secondary N) is 1. The number of Topliss-reactive ketones (excluding diaryl/α,β-unsaturated/α-hetero) is 1. The van der Waals surface area contributed by atoms with Gasteiger partial charge in [-0.05, 0) is 43.6 Å². The van der Waals surface area contributed by atoms with Crippen LogP contribution < -0.4 is 5.32 Å². The highest BCUT2D eigenvalue weighted by molar-refractivity contribution is 7.71. The molecule has 0 aliphatic carbocycles. The van der Waals surface area contributed by atoms with Gasteiger partial charge in [0.2, 0.25) is 4.77 Å². The number of anilines is 1.